The number of amides is 1. The molecule has 4 nitrogen and oxygen atoms in total. The second-order valence-electron chi connectivity index (χ2n) is 4.91. The van der Waals surface area contributed by atoms with Crippen LogP contribution in [0.15, 0.2) is 35.2 Å². The lowest BCUT2D eigenvalue weighted by atomic mass is 9.83. The minimum Gasteiger partial charge on any atom is -0.399 e. The molecule has 0 fully saturated rings. The predicted molar refractivity (Wildman–Crippen MR) is 77.8 cm³/mol. The van der Waals surface area contributed by atoms with Crippen molar-refractivity contribution >= 4 is 22.9 Å². The highest BCUT2D eigenvalue weighted by atomic mass is 32.1. The molecule has 100 valence electrons. The summed E-state index contributed by atoms with van der Waals surface area (Å²) in [7, 11) is 0. The molecule has 0 aliphatic rings. The van der Waals surface area contributed by atoms with Gasteiger partial charge in [0.05, 0.1) is 23.2 Å². The fraction of sp³-hybridized carbons (Fsp3) is 0.286. The highest BCUT2D eigenvalue weighted by molar-refractivity contribution is 7.07. The summed E-state index contributed by atoms with van der Waals surface area (Å²) in [5, 5.41) is 4.84. The zero-order valence-corrected chi connectivity index (χ0v) is 11.8. The van der Waals surface area contributed by atoms with E-state index in [1.807, 2.05) is 43.5 Å². The van der Waals surface area contributed by atoms with E-state index in [0.717, 1.165) is 11.3 Å². The van der Waals surface area contributed by atoms with Gasteiger partial charge in [0.25, 0.3) is 0 Å². The summed E-state index contributed by atoms with van der Waals surface area (Å²) in [6.07, 6.45) is 0. The number of rotatable bonds is 4. The number of nitrogens with zero attached hydrogens (tertiary/aromatic N) is 1. The largest absolute Gasteiger partial charge is 0.399 e. The van der Waals surface area contributed by atoms with Crippen molar-refractivity contribution in [2.75, 3.05) is 5.73 Å². The quantitative estimate of drug-likeness (QED) is 0.841. The molecule has 0 atom stereocenters. The van der Waals surface area contributed by atoms with Gasteiger partial charge in [-0.2, -0.15) is 0 Å². The second-order valence-corrected chi connectivity index (χ2v) is 5.63. The fourth-order valence-electron chi connectivity index (χ4n) is 1.75. The molecule has 19 heavy (non-hydrogen) atoms. The first kappa shape index (κ1) is 13.5. The highest BCUT2D eigenvalue weighted by Crippen LogP contribution is 2.24. The number of benzene rings is 1. The Morgan fingerprint density at radius 2 is 2.05 bits per heavy atom. The van der Waals surface area contributed by atoms with Crippen molar-refractivity contribution in [3.05, 3.63) is 46.4 Å². The standard InChI is InChI=1S/C14H17N3OS/c1-14(2,10-3-5-11(15)6-4-10)13(18)16-7-12-8-19-9-17-12/h3-6,8-9H,7,15H2,1-2H3,(H,16,18). The molecule has 0 unspecified atom stereocenters. The zero-order chi connectivity index (χ0) is 13.9. The summed E-state index contributed by atoms with van der Waals surface area (Å²) in [5.41, 5.74) is 9.34. The summed E-state index contributed by atoms with van der Waals surface area (Å²) >= 11 is 1.52. The first-order chi connectivity index (χ1) is 9.00. The van der Waals surface area contributed by atoms with Crippen molar-refractivity contribution in [1.29, 1.82) is 0 Å². The van der Waals surface area contributed by atoms with Gasteiger partial charge < -0.3 is 11.1 Å². The van der Waals surface area contributed by atoms with E-state index >= 15 is 0 Å². The van der Waals surface area contributed by atoms with Crippen LogP contribution in [0.1, 0.15) is 25.1 Å². The monoisotopic (exact) mass is 275 g/mol. The number of hydrogen-bond donors (Lipinski definition) is 2. The number of nitrogens with two attached hydrogens (primary N) is 1. The van der Waals surface area contributed by atoms with Crippen LogP contribution in [0.3, 0.4) is 0 Å². The predicted octanol–water partition coefficient (Wildman–Crippen LogP) is 2.32. The maximum Gasteiger partial charge on any atom is 0.230 e. The molecule has 0 radical (unpaired) electrons. The van der Waals surface area contributed by atoms with Crippen molar-refractivity contribution in [2.45, 2.75) is 25.8 Å². The average Bonchev–Trinajstić information content (AvgIpc) is 2.89. The Bertz CT molecular complexity index is 547. The van der Waals surface area contributed by atoms with Crippen molar-refractivity contribution in [2.24, 2.45) is 0 Å². The van der Waals surface area contributed by atoms with Gasteiger partial charge in [-0.25, -0.2) is 4.98 Å². The maximum atomic E-state index is 12.3. The van der Waals surface area contributed by atoms with E-state index in [0.29, 0.717) is 12.2 Å². The van der Waals surface area contributed by atoms with Crippen LogP contribution in [-0.4, -0.2) is 10.9 Å². The van der Waals surface area contributed by atoms with E-state index in [9.17, 15) is 4.79 Å². The molecular formula is C14H17N3OS. The fourth-order valence-corrected chi connectivity index (χ4v) is 2.31. The van der Waals surface area contributed by atoms with E-state index in [1.54, 1.807) is 5.51 Å². The molecule has 0 saturated heterocycles. The molecule has 0 spiro atoms. The number of aromatic nitrogens is 1. The number of nitrogen functional groups attached to an aromatic ring is 1. The third-order valence-electron chi connectivity index (χ3n) is 3.11. The molecule has 2 aromatic rings. The van der Waals surface area contributed by atoms with E-state index in [2.05, 4.69) is 10.3 Å². The number of thiazole rings is 1. The summed E-state index contributed by atoms with van der Waals surface area (Å²) < 4.78 is 0. The Balaban J connectivity index is 2.06. The molecule has 0 saturated carbocycles. The average molecular weight is 275 g/mol. The maximum absolute atomic E-state index is 12.3. The minimum absolute atomic E-state index is 0.0229. The topological polar surface area (TPSA) is 68.0 Å². The van der Waals surface area contributed by atoms with Crippen LogP contribution in [0.25, 0.3) is 0 Å². The van der Waals surface area contributed by atoms with Gasteiger partial charge in [-0.3, -0.25) is 4.79 Å². The van der Waals surface area contributed by atoms with Crippen LogP contribution in [0.4, 0.5) is 5.69 Å². The second kappa shape index (κ2) is 5.40. The van der Waals surface area contributed by atoms with Crippen molar-refractivity contribution in [1.82, 2.24) is 10.3 Å². The van der Waals surface area contributed by atoms with Crippen LogP contribution in [0.5, 0.6) is 0 Å². The Morgan fingerprint density at radius 3 is 2.63 bits per heavy atom. The third kappa shape index (κ3) is 3.12. The molecule has 1 amide bonds. The molecule has 0 aliphatic carbocycles. The molecule has 1 heterocycles. The molecule has 5 heteroatoms. The Labute approximate surface area is 116 Å². The normalized spacial score (nSPS) is 11.3. The Morgan fingerprint density at radius 1 is 1.37 bits per heavy atom. The SMILES string of the molecule is CC(C)(C(=O)NCc1cscn1)c1ccc(N)cc1. The summed E-state index contributed by atoms with van der Waals surface area (Å²) in [6.45, 7) is 4.25. The van der Waals surface area contributed by atoms with Crippen molar-refractivity contribution in [3.63, 3.8) is 0 Å². The Hall–Kier alpha value is -1.88. The van der Waals surface area contributed by atoms with E-state index < -0.39 is 5.41 Å². The molecule has 1 aromatic heterocycles. The molecule has 3 N–H and O–H groups in total. The minimum atomic E-state index is -0.594. The molecule has 0 aliphatic heterocycles. The van der Waals surface area contributed by atoms with Crippen molar-refractivity contribution < 1.29 is 4.79 Å². The van der Waals surface area contributed by atoms with Crippen LogP contribution in [-0.2, 0) is 16.8 Å². The number of carbonyl (C=O) groups is 1. The molecule has 1 aromatic carbocycles. The number of hydrogen-bond acceptors (Lipinski definition) is 4. The Kier molecular flexibility index (Phi) is 3.85. The lowest BCUT2D eigenvalue weighted by molar-refractivity contribution is -0.125. The van der Waals surface area contributed by atoms with Gasteiger partial charge in [-0.15, -0.1) is 11.3 Å². The van der Waals surface area contributed by atoms with Gasteiger partial charge in [0, 0.05) is 11.1 Å². The zero-order valence-electron chi connectivity index (χ0n) is 11.0. The molecular weight excluding hydrogens is 258 g/mol. The number of carbonyl (C=O) groups excluding carboxylic acids is 1. The van der Waals surface area contributed by atoms with Gasteiger partial charge in [0.15, 0.2) is 0 Å². The number of nitrogens with one attached hydrogen (secondary N) is 1. The van der Waals surface area contributed by atoms with Crippen LogP contribution >= 0.6 is 11.3 Å². The lowest BCUT2D eigenvalue weighted by Gasteiger charge is -2.24. The first-order valence-corrected chi connectivity index (χ1v) is 6.96. The molecule has 0 bridgehead atoms. The van der Waals surface area contributed by atoms with Crippen LogP contribution in [0, 0.1) is 0 Å². The van der Waals surface area contributed by atoms with Gasteiger partial charge >= 0.3 is 0 Å². The van der Waals surface area contributed by atoms with E-state index in [-0.39, 0.29) is 5.91 Å². The van der Waals surface area contributed by atoms with E-state index in [1.165, 1.54) is 11.3 Å². The van der Waals surface area contributed by atoms with Crippen molar-refractivity contribution in [3.8, 4) is 0 Å². The third-order valence-corrected chi connectivity index (χ3v) is 3.75. The molecule has 2 rings (SSSR count). The summed E-state index contributed by atoms with van der Waals surface area (Å²) in [4.78, 5) is 16.4. The van der Waals surface area contributed by atoms with Gasteiger partial charge in [-0.1, -0.05) is 12.1 Å². The smallest absolute Gasteiger partial charge is 0.230 e. The van der Waals surface area contributed by atoms with Gasteiger partial charge in [0.2, 0.25) is 5.91 Å². The summed E-state index contributed by atoms with van der Waals surface area (Å²) in [5.74, 6) is -0.0229. The first-order valence-electron chi connectivity index (χ1n) is 6.01. The number of anilines is 1. The van der Waals surface area contributed by atoms with Gasteiger partial charge in [-0.05, 0) is 31.5 Å². The van der Waals surface area contributed by atoms with Crippen LogP contribution < -0.4 is 11.1 Å². The van der Waals surface area contributed by atoms with Crippen LogP contribution in [0.2, 0.25) is 0 Å². The van der Waals surface area contributed by atoms with E-state index in [4.69, 9.17) is 5.73 Å². The highest BCUT2D eigenvalue weighted by Gasteiger charge is 2.29. The lowest BCUT2D eigenvalue weighted by Crippen LogP contribution is -2.39. The summed E-state index contributed by atoms with van der Waals surface area (Å²) in [6, 6.07) is 7.39. The van der Waals surface area contributed by atoms with Gasteiger partial charge in [0.1, 0.15) is 0 Å².